The molecule has 0 amide bonds. The summed E-state index contributed by atoms with van der Waals surface area (Å²) in [5, 5.41) is 0. The molecule has 0 radical (unpaired) electrons. The summed E-state index contributed by atoms with van der Waals surface area (Å²) >= 11 is 0. The Morgan fingerprint density at radius 2 is 2.00 bits per heavy atom. The maximum atomic E-state index is 11.8. The van der Waals surface area contributed by atoms with Gasteiger partial charge in [0.15, 0.2) is 5.78 Å². The highest BCUT2D eigenvalue weighted by molar-refractivity contribution is 6.06. The van der Waals surface area contributed by atoms with Crippen molar-refractivity contribution in [3.8, 4) is 5.75 Å². The van der Waals surface area contributed by atoms with Crippen molar-refractivity contribution in [2.24, 2.45) is 0 Å². The van der Waals surface area contributed by atoms with Gasteiger partial charge in [0.1, 0.15) is 5.75 Å². The number of rotatable bonds is 4. The van der Waals surface area contributed by atoms with Gasteiger partial charge < -0.3 is 4.74 Å². The first kappa shape index (κ1) is 12.0. The van der Waals surface area contributed by atoms with Crippen LogP contribution in [0.1, 0.15) is 15.9 Å². The van der Waals surface area contributed by atoms with Crippen LogP contribution in [0.4, 0.5) is 0 Å². The average Bonchev–Trinajstić information content (AvgIpc) is 2.46. The predicted molar refractivity (Wildman–Crippen MR) is 70.6 cm³/mol. The molecule has 0 aliphatic carbocycles. The summed E-state index contributed by atoms with van der Waals surface area (Å²) in [6.07, 6.45) is 6.52. The number of ketones is 1. The molecule has 0 aliphatic heterocycles. The van der Waals surface area contributed by atoms with E-state index in [-0.39, 0.29) is 5.78 Å². The van der Waals surface area contributed by atoms with E-state index < -0.39 is 0 Å². The summed E-state index contributed by atoms with van der Waals surface area (Å²) in [5.41, 5.74) is 1.56. The van der Waals surface area contributed by atoms with E-state index in [1.54, 1.807) is 43.8 Å². The first-order valence-corrected chi connectivity index (χ1v) is 5.56. The molecule has 1 heterocycles. The molecule has 0 N–H and O–H groups in total. The van der Waals surface area contributed by atoms with Crippen LogP contribution in [0.5, 0.6) is 5.75 Å². The number of nitrogens with zero attached hydrogens (tertiary/aromatic N) is 1. The lowest BCUT2D eigenvalue weighted by Crippen LogP contribution is -1.93. The SMILES string of the molecule is COc1cccc(/C=C\C(=O)c2ccncc2)c1. The highest BCUT2D eigenvalue weighted by Gasteiger charge is 2.00. The van der Waals surface area contributed by atoms with E-state index in [9.17, 15) is 4.79 Å². The Morgan fingerprint density at radius 3 is 2.72 bits per heavy atom. The van der Waals surface area contributed by atoms with Crippen LogP contribution in [0.15, 0.2) is 54.9 Å². The van der Waals surface area contributed by atoms with Gasteiger partial charge in [-0.3, -0.25) is 9.78 Å². The second-order valence-electron chi connectivity index (χ2n) is 3.71. The van der Waals surface area contributed by atoms with Gasteiger partial charge in [-0.2, -0.15) is 0 Å². The van der Waals surface area contributed by atoms with E-state index >= 15 is 0 Å². The van der Waals surface area contributed by atoms with Crippen LogP contribution in [0.2, 0.25) is 0 Å². The Labute approximate surface area is 106 Å². The maximum Gasteiger partial charge on any atom is 0.185 e. The number of carbonyl (C=O) groups is 1. The van der Waals surface area contributed by atoms with Crippen LogP contribution < -0.4 is 4.74 Å². The van der Waals surface area contributed by atoms with Gasteiger partial charge in [-0.25, -0.2) is 0 Å². The normalized spacial score (nSPS) is 10.5. The van der Waals surface area contributed by atoms with E-state index in [0.717, 1.165) is 11.3 Å². The fourth-order valence-corrected chi connectivity index (χ4v) is 1.53. The van der Waals surface area contributed by atoms with E-state index in [1.165, 1.54) is 0 Å². The maximum absolute atomic E-state index is 11.8. The van der Waals surface area contributed by atoms with Crippen molar-refractivity contribution < 1.29 is 9.53 Å². The molecular formula is C15H13NO2. The van der Waals surface area contributed by atoms with Crippen molar-refractivity contribution in [1.82, 2.24) is 4.98 Å². The lowest BCUT2D eigenvalue weighted by atomic mass is 10.1. The quantitative estimate of drug-likeness (QED) is 0.608. The molecule has 2 aromatic rings. The van der Waals surface area contributed by atoms with E-state index in [4.69, 9.17) is 4.74 Å². The van der Waals surface area contributed by atoms with Crippen molar-refractivity contribution in [3.05, 3.63) is 66.0 Å². The molecule has 0 atom stereocenters. The highest BCUT2D eigenvalue weighted by Crippen LogP contribution is 2.14. The van der Waals surface area contributed by atoms with Crippen LogP contribution in [-0.4, -0.2) is 17.9 Å². The molecule has 1 aromatic carbocycles. The first-order chi connectivity index (χ1) is 8.79. The molecular weight excluding hydrogens is 226 g/mol. The summed E-state index contributed by atoms with van der Waals surface area (Å²) in [6.45, 7) is 0. The lowest BCUT2D eigenvalue weighted by Gasteiger charge is -2.00. The fraction of sp³-hybridized carbons (Fsp3) is 0.0667. The third kappa shape index (κ3) is 3.04. The van der Waals surface area contributed by atoms with Crippen LogP contribution in [0.25, 0.3) is 6.08 Å². The number of pyridine rings is 1. The summed E-state index contributed by atoms with van der Waals surface area (Å²) in [6, 6.07) is 10.9. The van der Waals surface area contributed by atoms with E-state index in [1.807, 2.05) is 24.3 Å². The zero-order valence-electron chi connectivity index (χ0n) is 10.0. The van der Waals surface area contributed by atoms with Gasteiger partial charge >= 0.3 is 0 Å². The molecule has 0 aliphatic rings. The Hall–Kier alpha value is -2.42. The van der Waals surface area contributed by atoms with Gasteiger partial charge in [0, 0.05) is 18.0 Å². The van der Waals surface area contributed by atoms with Crippen LogP contribution in [0.3, 0.4) is 0 Å². The Balaban J connectivity index is 2.13. The van der Waals surface area contributed by atoms with Gasteiger partial charge in [-0.05, 0) is 35.9 Å². The zero-order chi connectivity index (χ0) is 12.8. The molecule has 2 rings (SSSR count). The van der Waals surface area contributed by atoms with Crippen molar-refractivity contribution in [2.75, 3.05) is 7.11 Å². The molecule has 3 nitrogen and oxygen atoms in total. The second kappa shape index (κ2) is 5.77. The fourth-order valence-electron chi connectivity index (χ4n) is 1.53. The molecule has 3 heteroatoms. The molecule has 0 spiro atoms. The molecule has 0 fully saturated rings. The van der Waals surface area contributed by atoms with Crippen LogP contribution in [0, 0.1) is 0 Å². The number of methoxy groups -OCH3 is 1. The van der Waals surface area contributed by atoms with Crippen LogP contribution in [-0.2, 0) is 0 Å². The number of hydrogen-bond acceptors (Lipinski definition) is 3. The molecule has 0 saturated carbocycles. The van der Waals surface area contributed by atoms with E-state index in [2.05, 4.69) is 4.98 Å². The number of ether oxygens (including phenoxy) is 1. The molecule has 0 bridgehead atoms. The zero-order valence-corrected chi connectivity index (χ0v) is 10.0. The number of aromatic nitrogens is 1. The van der Waals surface area contributed by atoms with Crippen molar-refractivity contribution in [3.63, 3.8) is 0 Å². The smallest absolute Gasteiger partial charge is 0.185 e. The van der Waals surface area contributed by atoms with Crippen molar-refractivity contribution in [2.45, 2.75) is 0 Å². The molecule has 0 unspecified atom stereocenters. The minimum absolute atomic E-state index is 0.0415. The van der Waals surface area contributed by atoms with Gasteiger partial charge in [-0.15, -0.1) is 0 Å². The van der Waals surface area contributed by atoms with Gasteiger partial charge in [0.05, 0.1) is 7.11 Å². The molecule has 0 saturated heterocycles. The first-order valence-electron chi connectivity index (χ1n) is 5.56. The van der Waals surface area contributed by atoms with Gasteiger partial charge in [0.25, 0.3) is 0 Å². The van der Waals surface area contributed by atoms with Gasteiger partial charge in [0.2, 0.25) is 0 Å². The van der Waals surface area contributed by atoms with Crippen molar-refractivity contribution in [1.29, 1.82) is 0 Å². The Bertz CT molecular complexity index is 562. The van der Waals surface area contributed by atoms with Gasteiger partial charge in [-0.1, -0.05) is 18.2 Å². The summed E-state index contributed by atoms with van der Waals surface area (Å²) < 4.78 is 5.12. The minimum atomic E-state index is -0.0415. The standard InChI is InChI=1S/C15H13NO2/c1-18-14-4-2-3-12(11-14)5-6-15(17)13-7-9-16-10-8-13/h2-11H,1H3/b6-5-. The van der Waals surface area contributed by atoms with Crippen molar-refractivity contribution >= 4 is 11.9 Å². The highest BCUT2D eigenvalue weighted by atomic mass is 16.5. The third-order valence-corrected chi connectivity index (χ3v) is 2.49. The second-order valence-corrected chi connectivity index (χ2v) is 3.71. The monoisotopic (exact) mass is 239 g/mol. The average molecular weight is 239 g/mol. The lowest BCUT2D eigenvalue weighted by molar-refractivity contribution is 0.104. The van der Waals surface area contributed by atoms with Crippen LogP contribution >= 0.6 is 0 Å². The predicted octanol–water partition coefficient (Wildman–Crippen LogP) is 2.99. The molecule has 1 aromatic heterocycles. The summed E-state index contributed by atoms with van der Waals surface area (Å²) in [5.74, 6) is 0.730. The largest absolute Gasteiger partial charge is 0.497 e. The Morgan fingerprint density at radius 1 is 1.22 bits per heavy atom. The topological polar surface area (TPSA) is 39.2 Å². The Kier molecular flexibility index (Phi) is 3.86. The number of allylic oxidation sites excluding steroid dienone is 1. The molecule has 18 heavy (non-hydrogen) atoms. The van der Waals surface area contributed by atoms with E-state index in [0.29, 0.717) is 5.56 Å². The minimum Gasteiger partial charge on any atom is -0.497 e. The number of carbonyl (C=O) groups excluding carboxylic acids is 1. The number of hydrogen-bond donors (Lipinski definition) is 0. The third-order valence-electron chi connectivity index (χ3n) is 2.49. The summed E-state index contributed by atoms with van der Waals surface area (Å²) in [4.78, 5) is 15.7. The summed E-state index contributed by atoms with van der Waals surface area (Å²) in [7, 11) is 1.62. The molecule has 90 valence electrons. The number of benzene rings is 1.